The third-order valence-electron chi connectivity index (χ3n) is 2.72. The Morgan fingerprint density at radius 2 is 2.47 bits per heavy atom. The van der Waals surface area contributed by atoms with Gasteiger partial charge in [0, 0.05) is 6.54 Å². The predicted molar refractivity (Wildman–Crippen MR) is 63.9 cm³/mol. The number of hydrogen-bond acceptors (Lipinski definition) is 3. The molecule has 1 unspecified atom stereocenters. The third kappa shape index (κ3) is 2.80. The molecule has 1 atom stereocenters. The number of carbonyl (C=O) groups is 1. The van der Waals surface area contributed by atoms with E-state index in [9.17, 15) is 4.79 Å². The first-order valence-electron chi connectivity index (χ1n) is 5.16. The lowest BCUT2D eigenvalue weighted by Crippen LogP contribution is -2.27. The van der Waals surface area contributed by atoms with Gasteiger partial charge in [-0.05, 0) is 31.0 Å². The summed E-state index contributed by atoms with van der Waals surface area (Å²) in [5, 5.41) is 0. The Morgan fingerprint density at radius 3 is 3.00 bits per heavy atom. The van der Waals surface area contributed by atoms with Gasteiger partial charge in [-0.25, -0.2) is 0 Å². The van der Waals surface area contributed by atoms with Crippen molar-refractivity contribution < 1.29 is 4.79 Å². The van der Waals surface area contributed by atoms with Gasteiger partial charge in [-0.1, -0.05) is 18.5 Å². The van der Waals surface area contributed by atoms with Crippen LogP contribution in [0.2, 0.25) is 4.34 Å². The molecule has 2 rings (SSSR count). The van der Waals surface area contributed by atoms with Gasteiger partial charge in [0.1, 0.15) is 0 Å². The summed E-state index contributed by atoms with van der Waals surface area (Å²) >= 11 is 7.17. The fourth-order valence-electron chi connectivity index (χ4n) is 1.92. The van der Waals surface area contributed by atoms with Gasteiger partial charge in [-0.3, -0.25) is 9.69 Å². The normalized spacial score (nSPS) is 22.1. The molecular weight excluding hydrogens is 230 g/mol. The van der Waals surface area contributed by atoms with Crippen molar-refractivity contribution in [3.63, 3.8) is 0 Å². The van der Waals surface area contributed by atoms with Crippen molar-refractivity contribution in [3.8, 4) is 0 Å². The summed E-state index contributed by atoms with van der Waals surface area (Å²) in [4.78, 5) is 14.8. The van der Waals surface area contributed by atoms with Gasteiger partial charge in [0.2, 0.25) is 0 Å². The average Bonchev–Trinajstić information content (AvgIpc) is 2.75. The van der Waals surface area contributed by atoms with E-state index in [0.29, 0.717) is 10.9 Å². The summed E-state index contributed by atoms with van der Waals surface area (Å²) in [6.45, 7) is 4.87. The average molecular weight is 244 g/mol. The highest BCUT2D eigenvalue weighted by molar-refractivity contribution is 7.18. The zero-order valence-electron chi connectivity index (χ0n) is 8.70. The van der Waals surface area contributed by atoms with E-state index in [1.807, 2.05) is 6.07 Å². The molecule has 1 aliphatic heterocycles. The number of carbonyl (C=O) groups excluding carboxylic acids is 1. The Kier molecular flexibility index (Phi) is 3.44. The zero-order chi connectivity index (χ0) is 10.8. The molecule has 4 heteroatoms. The van der Waals surface area contributed by atoms with Crippen molar-refractivity contribution >= 4 is 28.7 Å². The summed E-state index contributed by atoms with van der Waals surface area (Å²) in [6, 6.07) is 3.60. The molecule has 1 aromatic rings. The quantitative estimate of drug-likeness (QED) is 0.761. The number of Topliss-reactive ketones (excluding diaryl/α,β-unsaturated/α-hetero) is 1. The summed E-state index contributed by atoms with van der Waals surface area (Å²) in [5.41, 5.74) is 0. The lowest BCUT2D eigenvalue weighted by Gasteiger charge is -2.12. The topological polar surface area (TPSA) is 20.3 Å². The standard InChI is InChI=1S/C11H14ClNOS/c1-8-4-5-13(6-8)7-9(14)10-2-3-11(12)15-10/h2-3,8H,4-7H2,1H3. The molecular formula is C11H14ClNOS. The van der Waals surface area contributed by atoms with Crippen molar-refractivity contribution in [1.82, 2.24) is 4.90 Å². The van der Waals surface area contributed by atoms with Crippen LogP contribution in [0, 0.1) is 5.92 Å². The van der Waals surface area contributed by atoms with E-state index in [0.717, 1.165) is 23.9 Å². The molecule has 2 heterocycles. The molecule has 0 spiro atoms. The van der Waals surface area contributed by atoms with Gasteiger partial charge >= 0.3 is 0 Å². The van der Waals surface area contributed by atoms with Gasteiger partial charge in [0.05, 0.1) is 15.8 Å². The van der Waals surface area contributed by atoms with Crippen LogP contribution in [-0.4, -0.2) is 30.3 Å². The van der Waals surface area contributed by atoms with Crippen molar-refractivity contribution in [3.05, 3.63) is 21.3 Å². The first-order valence-corrected chi connectivity index (χ1v) is 6.35. The Hall–Kier alpha value is -0.380. The van der Waals surface area contributed by atoms with Crippen LogP contribution in [0.5, 0.6) is 0 Å². The third-order valence-corrected chi connectivity index (χ3v) is 4.00. The molecule has 0 aliphatic carbocycles. The van der Waals surface area contributed by atoms with Gasteiger partial charge in [-0.15, -0.1) is 11.3 Å². The second-order valence-electron chi connectivity index (χ2n) is 4.16. The predicted octanol–water partition coefficient (Wildman–Crippen LogP) is 2.93. The molecule has 1 fully saturated rings. The van der Waals surface area contributed by atoms with Crippen LogP contribution in [0.4, 0.5) is 0 Å². The highest BCUT2D eigenvalue weighted by Crippen LogP contribution is 2.23. The Balaban J connectivity index is 1.92. The minimum absolute atomic E-state index is 0.195. The van der Waals surface area contributed by atoms with E-state index < -0.39 is 0 Å². The Labute approximate surface area is 98.8 Å². The fraction of sp³-hybridized carbons (Fsp3) is 0.545. The molecule has 1 aliphatic rings. The van der Waals surface area contributed by atoms with E-state index in [1.165, 1.54) is 17.8 Å². The van der Waals surface area contributed by atoms with Crippen molar-refractivity contribution in [2.45, 2.75) is 13.3 Å². The van der Waals surface area contributed by atoms with Crippen LogP contribution >= 0.6 is 22.9 Å². The number of halogens is 1. The second-order valence-corrected chi connectivity index (χ2v) is 5.87. The van der Waals surface area contributed by atoms with Crippen molar-refractivity contribution in [1.29, 1.82) is 0 Å². The van der Waals surface area contributed by atoms with Crippen molar-refractivity contribution in [2.24, 2.45) is 5.92 Å². The Bertz CT molecular complexity index is 363. The maximum absolute atomic E-state index is 11.8. The SMILES string of the molecule is CC1CCN(CC(=O)c2ccc(Cl)s2)C1. The van der Waals surface area contributed by atoms with Gasteiger partial charge in [-0.2, -0.15) is 0 Å². The van der Waals surface area contributed by atoms with E-state index in [1.54, 1.807) is 6.07 Å². The van der Waals surface area contributed by atoms with Crippen LogP contribution in [0.15, 0.2) is 12.1 Å². The molecule has 1 saturated heterocycles. The van der Waals surface area contributed by atoms with E-state index in [-0.39, 0.29) is 5.78 Å². The van der Waals surface area contributed by atoms with Crippen LogP contribution in [-0.2, 0) is 0 Å². The van der Waals surface area contributed by atoms with E-state index in [2.05, 4.69) is 11.8 Å². The smallest absolute Gasteiger partial charge is 0.186 e. The molecule has 0 bridgehead atoms. The molecule has 0 amide bonds. The van der Waals surface area contributed by atoms with Crippen LogP contribution in [0.1, 0.15) is 23.0 Å². The fourth-order valence-corrected chi connectivity index (χ4v) is 2.89. The summed E-state index contributed by atoms with van der Waals surface area (Å²) in [6.07, 6.45) is 1.21. The molecule has 15 heavy (non-hydrogen) atoms. The maximum Gasteiger partial charge on any atom is 0.186 e. The molecule has 82 valence electrons. The highest BCUT2D eigenvalue weighted by Gasteiger charge is 2.21. The van der Waals surface area contributed by atoms with Gasteiger partial charge in [0.25, 0.3) is 0 Å². The minimum Gasteiger partial charge on any atom is -0.296 e. The molecule has 0 saturated carbocycles. The minimum atomic E-state index is 0.195. The van der Waals surface area contributed by atoms with Crippen LogP contribution in [0.25, 0.3) is 0 Å². The lowest BCUT2D eigenvalue weighted by atomic mass is 10.2. The van der Waals surface area contributed by atoms with Crippen LogP contribution < -0.4 is 0 Å². The molecule has 0 N–H and O–H groups in total. The molecule has 0 radical (unpaired) electrons. The summed E-state index contributed by atoms with van der Waals surface area (Å²) in [7, 11) is 0. The lowest BCUT2D eigenvalue weighted by molar-refractivity contribution is 0.0948. The first-order chi connectivity index (χ1) is 7.15. The zero-order valence-corrected chi connectivity index (χ0v) is 10.3. The summed E-state index contributed by atoms with van der Waals surface area (Å²) in [5.74, 6) is 0.922. The number of ketones is 1. The molecule has 0 aromatic carbocycles. The molecule has 2 nitrogen and oxygen atoms in total. The maximum atomic E-state index is 11.8. The Morgan fingerprint density at radius 1 is 1.67 bits per heavy atom. The van der Waals surface area contributed by atoms with Crippen molar-refractivity contribution in [2.75, 3.05) is 19.6 Å². The first kappa shape index (κ1) is 11.1. The number of likely N-dealkylation sites (tertiary alicyclic amines) is 1. The molecule has 1 aromatic heterocycles. The number of nitrogens with zero attached hydrogens (tertiary/aromatic N) is 1. The van der Waals surface area contributed by atoms with Gasteiger partial charge in [0.15, 0.2) is 5.78 Å². The number of rotatable bonds is 3. The van der Waals surface area contributed by atoms with E-state index >= 15 is 0 Å². The number of thiophene rings is 1. The largest absolute Gasteiger partial charge is 0.296 e. The monoisotopic (exact) mass is 243 g/mol. The highest BCUT2D eigenvalue weighted by atomic mass is 35.5. The number of hydrogen-bond donors (Lipinski definition) is 0. The van der Waals surface area contributed by atoms with E-state index in [4.69, 9.17) is 11.6 Å². The summed E-state index contributed by atoms with van der Waals surface area (Å²) < 4.78 is 0.688. The van der Waals surface area contributed by atoms with Crippen LogP contribution in [0.3, 0.4) is 0 Å². The second kappa shape index (κ2) is 4.64. The van der Waals surface area contributed by atoms with Gasteiger partial charge < -0.3 is 0 Å².